The highest BCUT2D eigenvalue weighted by molar-refractivity contribution is 5.30. The summed E-state index contributed by atoms with van der Waals surface area (Å²) in [4.78, 5) is 0. The average molecular weight is 268 g/mol. The molecule has 0 aromatic carbocycles. The Morgan fingerprint density at radius 2 is 1.84 bits per heavy atom. The van der Waals surface area contributed by atoms with Gasteiger partial charge in [-0.1, -0.05) is 32.1 Å². The first-order valence-electron chi connectivity index (χ1n) is 6.76. The van der Waals surface area contributed by atoms with E-state index in [1.165, 1.54) is 0 Å². The molecule has 0 aromatic heterocycles. The second-order valence-corrected chi connectivity index (χ2v) is 6.80. The van der Waals surface area contributed by atoms with Gasteiger partial charge in [0, 0.05) is 12.3 Å². The molecule has 0 bridgehead atoms. The van der Waals surface area contributed by atoms with Gasteiger partial charge in [0.1, 0.15) is 5.60 Å². The molecule has 2 aliphatic rings. The van der Waals surface area contributed by atoms with Crippen molar-refractivity contribution in [3.63, 3.8) is 0 Å². The van der Waals surface area contributed by atoms with Crippen LogP contribution in [0.25, 0.3) is 0 Å². The van der Waals surface area contributed by atoms with E-state index in [0.29, 0.717) is 12.0 Å². The summed E-state index contributed by atoms with van der Waals surface area (Å²) >= 11 is 0. The van der Waals surface area contributed by atoms with Crippen molar-refractivity contribution >= 4 is 0 Å². The highest BCUT2D eigenvalue weighted by Crippen LogP contribution is 2.59. The van der Waals surface area contributed by atoms with E-state index in [-0.39, 0.29) is 18.9 Å². The Hall–Kier alpha value is -0.680. The van der Waals surface area contributed by atoms with E-state index < -0.39 is 22.7 Å². The van der Waals surface area contributed by atoms with Crippen LogP contribution in [0.3, 0.4) is 0 Å². The van der Waals surface area contributed by atoms with E-state index in [4.69, 9.17) is 0 Å². The third kappa shape index (κ3) is 2.17. The molecule has 108 valence electrons. The van der Waals surface area contributed by atoms with Gasteiger partial charge in [0.15, 0.2) is 0 Å². The molecular weight excluding hydrogens is 244 g/mol. The van der Waals surface area contributed by atoms with Crippen LogP contribution >= 0.6 is 0 Å². The van der Waals surface area contributed by atoms with E-state index in [9.17, 15) is 20.4 Å². The van der Waals surface area contributed by atoms with Crippen molar-refractivity contribution in [2.24, 2.45) is 11.3 Å². The van der Waals surface area contributed by atoms with Gasteiger partial charge in [0.05, 0.1) is 18.3 Å². The van der Waals surface area contributed by atoms with Gasteiger partial charge in [-0.05, 0) is 24.3 Å². The maximum atomic E-state index is 10.9. The van der Waals surface area contributed by atoms with Crippen molar-refractivity contribution in [2.75, 3.05) is 6.61 Å². The summed E-state index contributed by atoms with van der Waals surface area (Å²) < 4.78 is 0. The fourth-order valence-corrected chi connectivity index (χ4v) is 3.54. The van der Waals surface area contributed by atoms with Gasteiger partial charge in [-0.3, -0.25) is 0 Å². The zero-order valence-corrected chi connectivity index (χ0v) is 11.8. The van der Waals surface area contributed by atoms with Crippen LogP contribution in [0.5, 0.6) is 0 Å². The van der Waals surface area contributed by atoms with Gasteiger partial charge in [-0.25, -0.2) is 0 Å². The fraction of sp³-hybridized carbons (Fsp3) is 0.733. The Balaban J connectivity index is 2.45. The molecule has 4 N–H and O–H groups in total. The van der Waals surface area contributed by atoms with E-state index in [0.717, 1.165) is 0 Å². The van der Waals surface area contributed by atoms with Gasteiger partial charge >= 0.3 is 0 Å². The molecule has 0 amide bonds. The lowest BCUT2D eigenvalue weighted by Crippen LogP contribution is -2.69. The number of aliphatic hydroxyl groups excluding tert-OH is 2. The number of hydrogen-bond acceptors (Lipinski definition) is 4. The molecule has 0 aliphatic heterocycles. The third-order valence-electron chi connectivity index (χ3n) is 4.84. The largest absolute Gasteiger partial charge is 0.392 e. The van der Waals surface area contributed by atoms with Crippen molar-refractivity contribution in [2.45, 2.75) is 50.9 Å². The molecule has 4 nitrogen and oxygen atoms in total. The fourth-order valence-electron chi connectivity index (χ4n) is 3.54. The summed E-state index contributed by atoms with van der Waals surface area (Å²) in [5, 5.41) is 41.0. The number of aliphatic hydroxyl groups is 4. The van der Waals surface area contributed by atoms with Gasteiger partial charge in [0.2, 0.25) is 0 Å². The molecule has 0 heterocycles. The number of fused-ring (bicyclic) bond motifs is 1. The Morgan fingerprint density at radius 3 is 2.37 bits per heavy atom. The highest BCUT2D eigenvalue weighted by Gasteiger charge is 2.64. The summed E-state index contributed by atoms with van der Waals surface area (Å²) in [5.41, 5.74) is -2.22. The lowest BCUT2D eigenvalue weighted by molar-refractivity contribution is -0.250. The maximum Gasteiger partial charge on any atom is 0.102 e. The summed E-state index contributed by atoms with van der Waals surface area (Å²) in [5.74, 6) is -0.263. The zero-order chi connectivity index (χ0) is 14.5. The van der Waals surface area contributed by atoms with Crippen LogP contribution in [0.4, 0.5) is 0 Å². The molecular formula is C15H24O4. The molecule has 0 unspecified atom stereocenters. The Kier molecular flexibility index (Phi) is 3.42. The lowest BCUT2D eigenvalue weighted by Gasteiger charge is -2.61. The van der Waals surface area contributed by atoms with Crippen LogP contribution in [0.2, 0.25) is 0 Å². The quantitative estimate of drug-likeness (QED) is 0.566. The maximum absolute atomic E-state index is 10.9. The van der Waals surface area contributed by atoms with E-state index in [1.807, 2.05) is 13.8 Å². The molecule has 0 spiro atoms. The number of rotatable bonds is 1. The smallest absolute Gasteiger partial charge is 0.102 e. The SMILES string of the molecule is CC1(C)C[C@@H]2/C(CO)=C/C=C\[C@@](C)(O)C[C@H](O)[C@]21O. The summed E-state index contributed by atoms with van der Waals surface area (Å²) in [6.45, 7) is 5.26. The van der Waals surface area contributed by atoms with E-state index >= 15 is 0 Å². The predicted octanol–water partition coefficient (Wildman–Crippen LogP) is 0.754. The van der Waals surface area contributed by atoms with Crippen LogP contribution in [-0.4, -0.2) is 44.3 Å². The number of allylic oxidation sites excluding steroid dienone is 2. The molecule has 2 rings (SSSR count). The third-order valence-corrected chi connectivity index (χ3v) is 4.84. The second kappa shape index (κ2) is 4.42. The lowest BCUT2D eigenvalue weighted by atomic mass is 9.48. The first-order valence-corrected chi connectivity index (χ1v) is 6.76. The molecule has 4 heteroatoms. The summed E-state index contributed by atoms with van der Waals surface area (Å²) in [6.07, 6.45) is 4.77. The number of hydrogen-bond donors (Lipinski definition) is 4. The minimum atomic E-state index is -1.31. The van der Waals surface area contributed by atoms with Crippen molar-refractivity contribution < 1.29 is 20.4 Å². The molecule has 19 heavy (non-hydrogen) atoms. The van der Waals surface area contributed by atoms with Crippen LogP contribution < -0.4 is 0 Å². The molecule has 0 radical (unpaired) electrons. The average Bonchev–Trinajstić information content (AvgIpc) is 2.32. The second-order valence-electron chi connectivity index (χ2n) is 6.80. The molecule has 0 aromatic rings. The highest BCUT2D eigenvalue weighted by atomic mass is 16.3. The van der Waals surface area contributed by atoms with Gasteiger partial charge in [0.25, 0.3) is 0 Å². The first-order chi connectivity index (χ1) is 8.64. The first kappa shape index (κ1) is 14.7. The summed E-state index contributed by atoms with van der Waals surface area (Å²) in [7, 11) is 0. The van der Waals surface area contributed by atoms with Gasteiger partial charge < -0.3 is 20.4 Å². The van der Waals surface area contributed by atoms with Gasteiger partial charge in [-0.2, -0.15) is 0 Å². The van der Waals surface area contributed by atoms with Crippen LogP contribution in [0.15, 0.2) is 23.8 Å². The van der Waals surface area contributed by atoms with Gasteiger partial charge in [-0.15, -0.1) is 0 Å². The van der Waals surface area contributed by atoms with E-state index in [1.54, 1.807) is 25.2 Å². The Labute approximate surface area is 114 Å². The normalized spacial score (nSPS) is 49.7. The molecule has 4 atom stereocenters. The summed E-state index contributed by atoms with van der Waals surface area (Å²) in [6, 6.07) is 0. The predicted molar refractivity (Wildman–Crippen MR) is 72.4 cm³/mol. The van der Waals surface area contributed by atoms with Crippen molar-refractivity contribution in [1.82, 2.24) is 0 Å². The minimum Gasteiger partial charge on any atom is -0.392 e. The van der Waals surface area contributed by atoms with Crippen molar-refractivity contribution in [3.8, 4) is 0 Å². The molecule has 0 saturated heterocycles. The Bertz CT molecular complexity index is 422. The Morgan fingerprint density at radius 1 is 1.21 bits per heavy atom. The van der Waals surface area contributed by atoms with E-state index in [2.05, 4.69) is 0 Å². The monoisotopic (exact) mass is 268 g/mol. The zero-order valence-electron chi connectivity index (χ0n) is 11.8. The van der Waals surface area contributed by atoms with Crippen LogP contribution in [0.1, 0.15) is 33.6 Å². The topological polar surface area (TPSA) is 80.9 Å². The van der Waals surface area contributed by atoms with Crippen molar-refractivity contribution in [3.05, 3.63) is 23.8 Å². The molecule has 1 fully saturated rings. The molecule has 1 saturated carbocycles. The standard InChI is InChI=1S/C15H24O4/c1-13(2)7-11-10(9-16)5-4-6-14(3,18)8-12(17)15(11,13)19/h4-6,11-12,16-19H,7-9H2,1-3H3/b6-4-,10-5+/t11-,12+,14-,15-/m1/s1. The van der Waals surface area contributed by atoms with Crippen molar-refractivity contribution in [1.29, 1.82) is 0 Å². The van der Waals surface area contributed by atoms with Crippen LogP contribution in [-0.2, 0) is 0 Å². The minimum absolute atomic E-state index is 0.0759. The molecule has 2 aliphatic carbocycles. The van der Waals surface area contributed by atoms with Crippen LogP contribution in [0, 0.1) is 11.3 Å².